The number of nitrogens with zero attached hydrogens (tertiary/aromatic N) is 4. The van der Waals surface area contributed by atoms with Gasteiger partial charge in [0.1, 0.15) is 6.07 Å². The van der Waals surface area contributed by atoms with Crippen molar-refractivity contribution in [1.82, 2.24) is 9.13 Å². The van der Waals surface area contributed by atoms with Gasteiger partial charge in [-0.1, -0.05) is 182 Å². The summed E-state index contributed by atoms with van der Waals surface area (Å²) in [6.07, 6.45) is 0. The molecule has 358 valence electrons. The molecular weight excluding hydrogens is 985 g/mol. The number of thiophene rings is 2. The molecule has 78 heavy (non-hydrogen) atoms. The molecule has 0 saturated heterocycles. The zero-order valence-electron chi connectivity index (χ0n) is 41.5. The Kier molecular flexibility index (Phi) is 8.98. The number of aromatic nitrogens is 2. The molecule has 0 fully saturated rings. The summed E-state index contributed by atoms with van der Waals surface area (Å²) in [4.78, 5) is 4.75. The number of hydrogen-bond donors (Lipinski definition) is 0. The molecule has 0 N–H and O–H groups in total. The Morgan fingerprint density at radius 2 is 0.769 bits per heavy atom. The maximum absolute atomic E-state index is 12.4. The van der Waals surface area contributed by atoms with E-state index in [-0.39, 0.29) is 0 Å². The van der Waals surface area contributed by atoms with Gasteiger partial charge in [-0.3, -0.25) is 0 Å². The van der Waals surface area contributed by atoms with Crippen molar-refractivity contribution in [2.24, 2.45) is 0 Å². The van der Waals surface area contributed by atoms with E-state index in [1.807, 2.05) is 22.7 Å². The van der Waals surface area contributed by atoms with Gasteiger partial charge in [-0.05, 0) is 103 Å². The SMILES string of the molecule is [C-]#[N+]c1c(-c2ccc3ccc4ccccc4c3c2)c(C#N)c(-n2c3ccccc3c3c4sc5ccccc5c4ccc32)c(-c2ccc3ccc4ccccc4c3c2)c1-n1c2ccccc2c2c3sc4ccccc4c3ccc21. The average molecular weight is 1020 g/mol. The molecule has 4 heterocycles. The van der Waals surface area contributed by atoms with Crippen LogP contribution >= 0.6 is 22.7 Å². The molecule has 0 spiro atoms. The number of rotatable bonds is 4. The third-order valence-corrected chi connectivity index (χ3v) is 18.9. The second kappa shape index (κ2) is 16.2. The fraction of sp³-hybridized carbons (Fsp3) is 0. The monoisotopic (exact) mass is 1020 g/mol. The quantitative estimate of drug-likeness (QED) is 0.128. The predicted molar refractivity (Wildman–Crippen MR) is 333 cm³/mol. The van der Waals surface area contributed by atoms with Gasteiger partial charge in [-0.25, -0.2) is 4.85 Å². The van der Waals surface area contributed by atoms with Gasteiger partial charge in [0.15, 0.2) is 0 Å². The standard InChI is InChI=1S/C72H38N4S2/c1-74-68-64(45-32-30-43-28-26-41-14-2-4-16-47(41)55(43)38-45)57(40-73)69(75-58-22-10-6-20-53(58)66-60(75)36-34-51-49-18-8-12-24-62(49)77-71(51)66)65(46-33-31-44-29-27-42-15-3-5-17-48(42)56(44)39-46)70(68)76-59-23-11-7-21-54(59)67-61(76)37-35-52-50-19-9-13-25-63(50)78-72(52)67/h2-39H. The van der Waals surface area contributed by atoms with Crippen LogP contribution in [-0.2, 0) is 0 Å². The van der Waals surface area contributed by atoms with E-state index in [2.05, 4.69) is 246 Å². The highest BCUT2D eigenvalue weighted by atomic mass is 32.1. The molecule has 0 unspecified atom stereocenters. The lowest BCUT2D eigenvalue weighted by Gasteiger charge is -2.26. The van der Waals surface area contributed by atoms with E-state index < -0.39 is 0 Å². The van der Waals surface area contributed by atoms with Gasteiger partial charge in [0.05, 0.1) is 45.6 Å². The zero-order chi connectivity index (χ0) is 51.3. The molecule has 0 atom stereocenters. The first kappa shape index (κ1) is 43.2. The van der Waals surface area contributed by atoms with Crippen LogP contribution < -0.4 is 0 Å². The molecule has 0 bridgehead atoms. The summed E-state index contributed by atoms with van der Waals surface area (Å²) in [6.45, 7) is 9.71. The summed E-state index contributed by atoms with van der Waals surface area (Å²) in [5.74, 6) is 0. The van der Waals surface area contributed by atoms with Gasteiger partial charge in [-0.2, -0.15) is 5.26 Å². The van der Waals surface area contributed by atoms with Gasteiger partial charge in [0, 0.05) is 73.0 Å². The number of fused-ring (bicyclic) bond motifs is 20. The fourth-order valence-corrected chi connectivity index (χ4v) is 15.7. The summed E-state index contributed by atoms with van der Waals surface area (Å²) in [6, 6.07) is 85.7. The maximum atomic E-state index is 12.4. The van der Waals surface area contributed by atoms with Crippen LogP contribution in [-0.4, -0.2) is 9.13 Å². The molecule has 0 aliphatic heterocycles. The van der Waals surface area contributed by atoms with Crippen molar-refractivity contribution in [2.45, 2.75) is 0 Å². The normalized spacial score (nSPS) is 12.1. The van der Waals surface area contributed by atoms with Crippen LogP contribution in [0.3, 0.4) is 0 Å². The average Bonchev–Trinajstić information content (AvgIpc) is 4.45. The maximum Gasteiger partial charge on any atom is 0.220 e. The molecule has 17 rings (SSSR count). The molecule has 4 aromatic heterocycles. The highest BCUT2D eigenvalue weighted by Gasteiger charge is 2.33. The Morgan fingerprint density at radius 1 is 0.359 bits per heavy atom. The largest absolute Gasteiger partial charge is 0.318 e. The minimum atomic E-state index is 0.412. The Bertz CT molecular complexity index is 5390. The topological polar surface area (TPSA) is 38.0 Å². The number of benzene rings is 13. The lowest BCUT2D eigenvalue weighted by molar-refractivity contribution is 1.13. The highest BCUT2D eigenvalue weighted by molar-refractivity contribution is 7.27. The molecule has 4 nitrogen and oxygen atoms in total. The Hall–Kier alpha value is -10.1. The fourth-order valence-electron chi connectivity index (χ4n) is 13.2. The summed E-state index contributed by atoms with van der Waals surface area (Å²) in [5, 5.41) is 30.7. The Morgan fingerprint density at radius 3 is 1.27 bits per heavy atom. The summed E-state index contributed by atoms with van der Waals surface area (Å²) < 4.78 is 9.60. The van der Waals surface area contributed by atoms with Crippen LogP contribution in [0.5, 0.6) is 0 Å². The molecular formula is C72H38N4S2. The van der Waals surface area contributed by atoms with Crippen molar-refractivity contribution in [3.05, 3.63) is 248 Å². The van der Waals surface area contributed by atoms with Crippen molar-refractivity contribution >= 4 is 155 Å². The van der Waals surface area contributed by atoms with E-state index in [9.17, 15) is 11.8 Å². The minimum Gasteiger partial charge on any atom is -0.318 e. The number of para-hydroxylation sites is 2. The van der Waals surface area contributed by atoms with Crippen LogP contribution in [0.25, 0.3) is 166 Å². The number of nitriles is 1. The van der Waals surface area contributed by atoms with Crippen molar-refractivity contribution in [2.75, 3.05) is 0 Å². The van der Waals surface area contributed by atoms with Crippen LogP contribution in [0.4, 0.5) is 5.69 Å². The van der Waals surface area contributed by atoms with E-state index in [0.717, 1.165) is 115 Å². The van der Waals surface area contributed by atoms with Gasteiger partial charge >= 0.3 is 0 Å². The van der Waals surface area contributed by atoms with E-state index in [1.165, 1.54) is 40.3 Å². The molecule has 0 amide bonds. The summed E-state index contributed by atoms with van der Waals surface area (Å²) >= 11 is 3.64. The van der Waals surface area contributed by atoms with E-state index in [4.69, 9.17) is 4.85 Å². The predicted octanol–water partition coefficient (Wildman–Crippen LogP) is 21.0. The third-order valence-electron chi connectivity index (χ3n) is 16.5. The van der Waals surface area contributed by atoms with E-state index in [1.54, 1.807) is 0 Å². The van der Waals surface area contributed by atoms with Gasteiger partial charge in [0.25, 0.3) is 0 Å². The highest BCUT2D eigenvalue weighted by Crippen LogP contribution is 2.55. The molecule has 0 radical (unpaired) electrons. The molecule has 0 aliphatic rings. The lowest BCUT2D eigenvalue weighted by Crippen LogP contribution is -2.09. The Balaban J connectivity index is 1.14. The molecule has 13 aromatic carbocycles. The van der Waals surface area contributed by atoms with Gasteiger partial charge in [0.2, 0.25) is 5.69 Å². The van der Waals surface area contributed by atoms with Crippen LogP contribution in [0, 0.1) is 17.9 Å². The smallest absolute Gasteiger partial charge is 0.220 e. The van der Waals surface area contributed by atoms with Crippen molar-refractivity contribution in [3.63, 3.8) is 0 Å². The zero-order valence-corrected chi connectivity index (χ0v) is 43.2. The van der Waals surface area contributed by atoms with Crippen LogP contribution in [0.2, 0.25) is 0 Å². The van der Waals surface area contributed by atoms with E-state index in [0.29, 0.717) is 16.8 Å². The molecule has 0 aliphatic carbocycles. The first-order valence-corrected chi connectivity index (χ1v) is 27.8. The summed E-state index contributed by atoms with van der Waals surface area (Å²) in [5.41, 5.74) is 9.37. The van der Waals surface area contributed by atoms with Crippen molar-refractivity contribution in [3.8, 4) is 39.7 Å². The van der Waals surface area contributed by atoms with E-state index >= 15 is 0 Å². The number of hydrogen-bond acceptors (Lipinski definition) is 3. The van der Waals surface area contributed by atoms with Crippen LogP contribution in [0.1, 0.15) is 5.56 Å². The molecule has 6 heteroatoms. The second-order valence-electron chi connectivity index (χ2n) is 20.4. The first-order valence-electron chi connectivity index (χ1n) is 26.2. The molecule has 17 aromatic rings. The lowest BCUT2D eigenvalue weighted by atomic mass is 9.87. The van der Waals surface area contributed by atoms with Gasteiger partial charge in [-0.15, -0.1) is 22.7 Å². The minimum absolute atomic E-state index is 0.412. The third kappa shape index (κ3) is 5.85. The molecule has 0 saturated carbocycles. The van der Waals surface area contributed by atoms with Crippen molar-refractivity contribution < 1.29 is 0 Å². The first-order chi connectivity index (χ1) is 38.6. The summed E-state index contributed by atoms with van der Waals surface area (Å²) in [7, 11) is 0. The van der Waals surface area contributed by atoms with Crippen molar-refractivity contribution in [1.29, 1.82) is 5.26 Å². The second-order valence-corrected chi connectivity index (χ2v) is 22.5. The van der Waals surface area contributed by atoms with Gasteiger partial charge < -0.3 is 9.13 Å². The van der Waals surface area contributed by atoms with Crippen LogP contribution in [0.15, 0.2) is 231 Å². The Labute approximate surface area is 454 Å².